The van der Waals surface area contributed by atoms with Crippen LogP contribution in [0.1, 0.15) is 37.0 Å². The minimum absolute atomic E-state index is 0.0136. The molecule has 3 aliphatic heterocycles. The zero-order valence-electron chi connectivity index (χ0n) is 22.6. The third-order valence-electron chi connectivity index (χ3n) is 7.56. The van der Waals surface area contributed by atoms with E-state index in [-0.39, 0.29) is 35.6 Å². The van der Waals surface area contributed by atoms with Gasteiger partial charge in [-0.3, -0.25) is 24.8 Å². The average Bonchev–Trinajstić information content (AvgIpc) is 3.42. The number of carbonyl (C=O) groups is 2. The predicted octanol–water partition coefficient (Wildman–Crippen LogP) is 3.64. The third kappa shape index (κ3) is 6.59. The standard InChI is InChI=1S/C30H37FN4O4/c1-21(2)38-28-6-4-3-5-27(28)34-17-15-33(16-18-34)20-25-19-26(32-39-25)30(37)35-13-11-23(12-14-35)29(36)22-7-9-24(31)10-8-22/h3-10,19,21,23,25,32H,11-18,20H2,1-2H3/t25-/m1/s1. The maximum absolute atomic E-state index is 13.2. The molecule has 0 spiro atoms. The molecule has 8 nitrogen and oxygen atoms in total. The summed E-state index contributed by atoms with van der Waals surface area (Å²) in [6, 6.07) is 13.9. The van der Waals surface area contributed by atoms with Crippen molar-refractivity contribution in [3.63, 3.8) is 0 Å². The number of anilines is 1. The first-order valence-corrected chi connectivity index (χ1v) is 13.8. The van der Waals surface area contributed by atoms with E-state index in [1.807, 2.05) is 38.1 Å². The van der Waals surface area contributed by atoms with Gasteiger partial charge < -0.3 is 14.5 Å². The molecule has 9 heteroatoms. The summed E-state index contributed by atoms with van der Waals surface area (Å²) < 4.78 is 19.2. The number of nitrogens with one attached hydrogen (secondary N) is 1. The Hall–Kier alpha value is -3.43. The molecule has 1 N–H and O–H groups in total. The normalized spacial score (nSPS) is 20.6. The van der Waals surface area contributed by atoms with Gasteiger partial charge in [0.05, 0.1) is 11.8 Å². The first-order chi connectivity index (χ1) is 18.9. The molecule has 2 saturated heterocycles. The maximum atomic E-state index is 13.2. The summed E-state index contributed by atoms with van der Waals surface area (Å²) >= 11 is 0. The summed E-state index contributed by atoms with van der Waals surface area (Å²) in [6.45, 7) is 9.35. The van der Waals surface area contributed by atoms with Crippen LogP contribution in [0.4, 0.5) is 10.1 Å². The number of hydroxylamine groups is 1. The van der Waals surface area contributed by atoms with E-state index in [9.17, 15) is 14.0 Å². The number of piperidine rings is 1. The van der Waals surface area contributed by atoms with E-state index in [0.29, 0.717) is 43.7 Å². The second kappa shape index (κ2) is 12.2. The van der Waals surface area contributed by atoms with Crippen LogP contribution in [0.5, 0.6) is 5.75 Å². The number of ketones is 1. The number of nitrogens with zero attached hydrogens (tertiary/aromatic N) is 3. The molecule has 208 valence electrons. The molecule has 0 bridgehead atoms. The molecule has 0 aliphatic carbocycles. The third-order valence-corrected chi connectivity index (χ3v) is 7.56. The number of para-hydroxylation sites is 2. The lowest BCUT2D eigenvalue weighted by Gasteiger charge is -2.37. The topological polar surface area (TPSA) is 74.4 Å². The Bertz CT molecular complexity index is 1190. The van der Waals surface area contributed by atoms with Crippen molar-refractivity contribution < 1.29 is 23.6 Å². The Labute approximate surface area is 229 Å². The van der Waals surface area contributed by atoms with E-state index >= 15 is 0 Å². The number of halogens is 1. The molecule has 2 aromatic rings. The van der Waals surface area contributed by atoms with E-state index < -0.39 is 0 Å². The van der Waals surface area contributed by atoms with Gasteiger partial charge in [0.2, 0.25) is 0 Å². The minimum atomic E-state index is -0.356. The number of likely N-dealkylation sites (tertiary alicyclic amines) is 1. The Morgan fingerprint density at radius 1 is 1.00 bits per heavy atom. The van der Waals surface area contributed by atoms with E-state index in [2.05, 4.69) is 21.3 Å². The van der Waals surface area contributed by atoms with Gasteiger partial charge in [-0.1, -0.05) is 12.1 Å². The fourth-order valence-electron chi connectivity index (χ4n) is 5.46. The number of Topliss-reactive ketones (excluding diaryl/α,β-unsaturated/α-hetero) is 1. The lowest BCUT2D eigenvalue weighted by molar-refractivity contribution is -0.129. The lowest BCUT2D eigenvalue weighted by atomic mass is 9.89. The molecule has 3 aliphatic rings. The van der Waals surface area contributed by atoms with Crippen LogP contribution in [0.2, 0.25) is 0 Å². The highest BCUT2D eigenvalue weighted by Gasteiger charge is 2.32. The van der Waals surface area contributed by atoms with Gasteiger partial charge in [-0.15, -0.1) is 0 Å². The zero-order valence-corrected chi connectivity index (χ0v) is 22.6. The van der Waals surface area contributed by atoms with Gasteiger partial charge in [0.1, 0.15) is 23.4 Å². The fraction of sp³-hybridized carbons (Fsp3) is 0.467. The molecule has 1 amide bonds. The molecule has 39 heavy (non-hydrogen) atoms. The molecule has 0 radical (unpaired) electrons. The summed E-state index contributed by atoms with van der Waals surface area (Å²) in [4.78, 5) is 38.1. The van der Waals surface area contributed by atoms with Gasteiger partial charge in [-0.25, -0.2) is 4.39 Å². The number of amides is 1. The molecule has 0 unspecified atom stereocenters. The highest BCUT2D eigenvalue weighted by atomic mass is 19.1. The monoisotopic (exact) mass is 536 g/mol. The Morgan fingerprint density at radius 2 is 1.69 bits per heavy atom. The van der Waals surface area contributed by atoms with Gasteiger partial charge in [0.25, 0.3) is 5.91 Å². The van der Waals surface area contributed by atoms with Gasteiger partial charge >= 0.3 is 0 Å². The first kappa shape index (κ1) is 27.1. The van der Waals surface area contributed by atoms with E-state index in [4.69, 9.17) is 9.57 Å². The number of piperazine rings is 1. The molecule has 5 rings (SSSR count). The van der Waals surface area contributed by atoms with Crippen molar-refractivity contribution in [3.8, 4) is 5.75 Å². The van der Waals surface area contributed by atoms with Crippen molar-refractivity contribution in [2.45, 2.75) is 38.9 Å². The first-order valence-electron chi connectivity index (χ1n) is 13.8. The van der Waals surface area contributed by atoms with Crippen molar-refractivity contribution in [2.24, 2.45) is 5.92 Å². The van der Waals surface area contributed by atoms with Crippen molar-refractivity contribution >= 4 is 17.4 Å². The minimum Gasteiger partial charge on any atom is -0.489 e. The van der Waals surface area contributed by atoms with Crippen LogP contribution in [0.25, 0.3) is 0 Å². The van der Waals surface area contributed by atoms with Gasteiger partial charge in [0, 0.05) is 57.3 Å². The van der Waals surface area contributed by atoms with Crippen molar-refractivity contribution in [1.82, 2.24) is 15.3 Å². The van der Waals surface area contributed by atoms with Crippen molar-refractivity contribution in [3.05, 3.63) is 71.7 Å². The Balaban J connectivity index is 1.08. The molecule has 0 aromatic heterocycles. The number of hydrogen-bond acceptors (Lipinski definition) is 7. The lowest BCUT2D eigenvalue weighted by Crippen LogP contribution is -2.48. The van der Waals surface area contributed by atoms with Crippen LogP contribution >= 0.6 is 0 Å². The highest BCUT2D eigenvalue weighted by Crippen LogP contribution is 2.30. The van der Waals surface area contributed by atoms with E-state index in [1.54, 1.807) is 4.90 Å². The summed E-state index contributed by atoms with van der Waals surface area (Å²) in [5.74, 6) is 0.317. The van der Waals surface area contributed by atoms with Crippen molar-refractivity contribution in [2.75, 3.05) is 50.7 Å². The average molecular weight is 537 g/mol. The van der Waals surface area contributed by atoms with Gasteiger partial charge in [-0.2, -0.15) is 0 Å². The second-order valence-corrected chi connectivity index (χ2v) is 10.7. The molecular weight excluding hydrogens is 499 g/mol. The summed E-state index contributed by atoms with van der Waals surface area (Å²) in [5, 5.41) is 0. The number of carbonyl (C=O) groups excluding carboxylic acids is 2. The molecule has 3 heterocycles. The van der Waals surface area contributed by atoms with Crippen LogP contribution in [0.3, 0.4) is 0 Å². The van der Waals surface area contributed by atoms with Gasteiger partial charge in [-0.05, 0) is 69.2 Å². The van der Waals surface area contributed by atoms with Crippen LogP contribution in [0.15, 0.2) is 60.3 Å². The summed E-state index contributed by atoms with van der Waals surface area (Å²) in [6.07, 6.45) is 2.98. The predicted molar refractivity (Wildman–Crippen MR) is 147 cm³/mol. The largest absolute Gasteiger partial charge is 0.489 e. The highest BCUT2D eigenvalue weighted by molar-refractivity contribution is 5.98. The van der Waals surface area contributed by atoms with Crippen LogP contribution in [-0.4, -0.2) is 79.5 Å². The van der Waals surface area contributed by atoms with Crippen LogP contribution < -0.4 is 15.1 Å². The smallest absolute Gasteiger partial charge is 0.271 e. The molecule has 2 fully saturated rings. The Morgan fingerprint density at radius 3 is 2.38 bits per heavy atom. The molecule has 2 aromatic carbocycles. The number of rotatable bonds is 8. The Kier molecular flexibility index (Phi) is 8.47. The number of ether oxygens (including phenoxy) is 1. The fourth-order valence-corrected chi connectivity index (χ4v) is 5.46. The summed E-state index contributed by atoms with van der Waals surface area (Å²) in [5.41, 5.74) is 4.94. The molecule has 1 atom stereocenters. The van der Waals surface area contributed by atoms with E-state index in [0.717, 1.165) is 37.6 Å². The van der Waals surface area contributed by atoms with E-state index in [1.165, 1.54) is 24.3 Å². The maximum Gasteiger partial charge on any atom is 0.271 e. The second-order valence-electron chi connectivity index (χ2n) is 10.7. The number of hydrogen-bond donors (Lipinski definition) is 1. The number of benzene rings is 2. The van der Waals surface area contributed by atoms with Crippen LogP contribution in [0, 0.1) is 11.7 Å². The zero-order chi connectivity index (χ0) is 27.4. The SMILES string of the molecule is CC(C)Oc1ccccc1N1CCN(C[C@H]2C=C(C(=O)N3CCC(C(=O)c4ccc(F)cc4)CC3)NO2)CC1. The quantitative estimate of drug-likeness (QED) is 0.517. The van der Waals surface area contributed by atoms with Crippen molar-refractivity contribution in [1.29, 1.82) is 0 Å². The summed E-state index contributed by atoms with van der Waals surface area (Å²) in [7, 11) is 0. The van der Waals surface area contributed by atoms with Gasteiger partial charge in [0.15, 0.2) is 5.78 Å². The molecular formula is C30H37FN4O4. The molecule has 0 saturated carbocycles. The van der Waals surface area contributed by atoms with Crippen LogP contribution in [-0.2, 0) is 9.63 Å².